The number of methoxy groups -OCH3 is 1. The molecule has 0 spiro atoms. The van der Waals surface area contributed by atoms with Gasteiger partial charge in [0.15, 0.2) is 5.82 Å². The third-order valence-electron chi connectivity index (χ3n) is 2.40. The van der Waals surface area contributed by atoms with Crippen molar-refractivity contribution in [2.45, 2.75) is 0 Å². The zero-order chi connectivity index (χ0) is 13.8. The molecule has 0 saturated carbocycles. The van der Waals surface area contributed by atoms with Gasteiger partial charge in [0.05, 0.1) is 12.8 Å². The van der Waals surface area contributed by atoms with E-state index < -0.39 is 11.5 Å². The highest BCUT2D eigenvalue weighted by Gasteiger charge is 2.14. The van der Waals surface area contributed by atoms with Crippen molar-refractivity contribution in [1.29, 1.82) is 0 Å². The van der Waals surface area contributed by atoms with Crippen LogP contribution in [0.5, 0.6) is 5.75 Å². The summed E-state index contributed by atoms with van der Waals surface area (Å²) in [6, 6.07) is 7.93. The predicted molar refractivity (Wildman–Crippen MR) is 68.1 cm³/mol. The minimum absolute atomic E-state index is 0.0385. The van der Waals surface area contributed by atoms with Crippen LogP contribution in [0.2, 0.25) is 0 Å². The first kappa shape index (κ1) is 12.6. The topological polar surface area (TPSA) is 104 Å². The van der Waals surface area contributed by atoms with Gasteiger partial charge in [-0.3, -0.25) is 4.79 Å². The van der Waals surface area contributed by atoms with E-state index in [-0.39, 0.29) is 11.4 Å². The van der Waals surface area contributed by atoms with Crippen molar-refractivity contribution in [3.05, 3.63) is 46.2 Å². The maximum Gasteiger partial charge on any atom is 0.339 e. The molecule has 1 aromatic carbocycles. The van der Waals surface area contributed by atoms with Crippen LogP contribution >= 0.6 is 0 Å². The highest BCUT2D eigenvalue weighted by Crippen LogP contribution is 2.26. The monoisotopic (exact) mass is 261 g/mol. The maximum atomic E-state index is 11.1. The minimum Gasteiger partial charge on any atom is -0.495 e. The summed E-state index contributed by atoms with van der Waals surface area (Å²) in [6.45, 7) is 0. The third kappa shape index (κ3) is 2.71. The second-order valence-corrected chi connectivity index (χ2v) is 3.62. The van der Waals surface area contributed by atoms with E-state index in [0.717, 1.165) is 6.07 Å². The summed E-state index contributed by atoms with van der Waals surface area (Å²) >= 11 is 0. The van der Waals surface area contributed by atoms with E-state index in [1.165, 1.54) is 7.11 Å². The van der Waals surface area contributed by atoms with E-state index in [0.29, 0.717) is 11.4 Å². The number of carbonyl (C=O) groups is 1. The third-order valence-corrected chi connectivity index (χ3v) is 2.40. The summed E-state index contributed by atoms with van der Waals surface area (Å²) in [5.74, 6) is -0.667. The van der Waals surface area contributed by atoms with Crippen LogP contribution in [0.25, 0.3) is 0 Å². The Hall–Kier alpha value is -2.83. The van der Waals surface area contributed by atoms with Crippen molar-refractivity contribution < 1.29 is 14.6 Å². The summed E-state index contributed by atoms with van der Waals surface area (Å²) in [7, 11) is 1.50. The molecule has 98 valence electrons. The number of aromatic nitrogens is 2. The van der Waals surface area contributed by atoms with Gasteiger partial charge in [-0.25, -0.2) is 9.89 Å². The van der Waals surface area contributed by atoms with Gasteiger partial charge in [-0.2, -0.15) is 5.10 Å². The molecule has 2 rings (SSSR count). The van der Waals surface area contributed by atoms with Crippen molar-refractivity contribution in [2.24, 2.45) is 0 Å². The number of benzene rings is 1. The summed E-state index contributed by atoms with van der Waals surface area (Å²) in [5, 5.41) is 17.7. The Labute approximate surface area is 107 Å². The van der Waals surface area contributed by atoms with Crippen molar-refractivity contribution >= 4 is 17.5 Å². The van der Waals surface area contributed by atoms with E-state index in [2.05, 4.69) is 15.5 Å². The van der Waals surface area contributed by atoms with E-state index >= 15 is 0 Å². The molecule has 0 atom stereocenters. The number of hydrogen-bond donors (Lipinski definition) is 3. The van der Waals surface area contributed by atoms with Crippen LogP contribution in [-0.4, -0.2) is 28.4 Å². The van der Waals surface area contributed by atoms with E-state index in [9.17, 15) is 9.59 Å². The Morgan fingerprint density at radius 3 is 2.84 bits per heavy atom. The molecule has 7 nitrogen and oxygen atoms in total. The van der Waals surface area contributed by atoms with Gasteiger partial charge in [-0.15, -0.1) is 0 Å². The maximum absolute atomic E-state index is 11.1. The fraction of sp³-hybridized carbons (Fsp3) is 0.0833. The number of rotatable bonds is 4. The molecule has 1 heterocycles. The quantitative estimate of drug-likeness (QED) is 0.764. The van der Waals surface area contributed by atoms with Crippen molar-refractivity contribution in [3.63, 3.8) is 0 Å². The Balaban J connectivity index is 2.43. The molecule has 2 aromatic rings. The van der Waals surface area contributed by atoms with Gasteiger partial charge in [-0.1, -0.05) is 12.1 Å². The Bertz CT molecular complexity index is 666. The van der Waals surface area contributed by atoms with Crippen molar-refractivity contribution in [3.8, 4) is 5.75 Å². The molecule has 19 heavy (non-hydrogen) atoms. The van der Waals surface area contributed by atoms with Gasteiger partial charge in [0, 0.05) is 6.07 Å². The molecule has 0 fully saturated rings. The number of aromatic carboxylic acids is 1. The fourth-order valence-corrected chi connectivity index (χ4v) is 1.54. The SMILES string of the molecule is COc1ccccc1Nc1n[nH]c(=O)cc1C(=O)O. The number of aromatic amines is 1. The molecule has 7 heteroatoms. The number of H-pyrrole nitrogens is 1. The molecule has 0 amide bonds. The van der Waals surface area contributed by atoms with Crippen LogP contribution in [0.3, 0.4) is 0 Å². The van der Waals surface area contributed by atoms with Gasteiger partial charge in [0.1, 0.15) is 11.3 Å². The van der Waals surface area contributed by atoms with Crippen LogP contribution in [0.15, 0.2) is 35.1 Å². The second kappa shape index (κ2) is 5.21. The van der Waals surface area contributed by atoms with E-state index in [1.54, 1.807) is 24.3 Å². The smallest absolute Gasteiger partial charge is 0.339 e. The van der Waals surface area contributed by atoms with Crippen molar-refractivity contribution in [1.82, 2.24) is 10.2 Å². The number of nitrogens with one attached hydrogen (secondary N) is 2. The molecule has 1 aromatic heterocycles. The zero-order valence-corrected chi connectivity index (χ0v) is 10.0. The summed E-state index contributed by atoms with van der Waals surface area (Å²) in [6.07, 6.45) is 0. The molecule has 0 aliphatic rings. The lowest BCUT2D eigenvalue weighted by Crippen LogP contribution is -2.15. The van der Waals surface area contributed by atoms with Crippen LogP contribution in [-0.2, 0) is 0 Å². The number of nitrogens with zero attached hydrogens (tertiary/aromatic N) is 1. The summed E-state index contributed by atoms with van der Waals surface area (Å²) in [4.78, 5) is 22.1. The van der Waals surface area contributed by atoms with Gasteiger partial charge in [-0.05, 0) is 12.1 Å². The van der Waals surface area contributed by atoms with Gasteiger partial charge < -0.3 is 15.2 Å². The molecule has 0 saturated heterocycles. The average molecular weight is 261 g/mol. The van der Waals surface area contributed by atoms with Crippen LogP contribution in [0.1, 0.15) is 10.4 Å². The number of hydrogen-bond acceptors (Lipinski definition) is 5. The Kier molecular flexibility index (Phi) is 3.46. The van der Waals surface area contributed by atoms with E-state index in [1.807, 2.05) is 0 Å². The number of ether oxygens (including phenoxy) is 1. The lowest BCUT2D eigenvalue weighted by atomic mass is 10.2. The van der Waals surface area contributed by atoms with Gasteiger partial charge in [0.25, 0.3) is 5.56 Å². The Morgan fingerprint density at radius 1 is 1.42 bits per heavy atom. The Morgan fingerprint density at radius 2 is 2.16 bits per heavy atom. The van der Waals surface area contributed by atoms with E-state index in [4.69, 9.17) is 9.84 Å². The van der Waals surface area contributed by atoms with Crippen molar-refractivity contribution in [2.75, 3.05) is 12.4 Å². The molecular formula is C12H11N3O4. The number of carboxylic acids is 1. The largest absolute Gasteiger partial charge is 0.495 e. The average Bonchev–Trinajstić information content (AvgIpc) is 2.41. The number of para-hydroxylation sites is 2. The molecule has 0 unspecified atom stereocenters. The fourth-order valence-electron chi connectivity index (χ4n) is 1.54. The first-order chi connectivity index (χ1) is 9.11. The van der Waals surface area contributed by atoms with Gasteiger partial charge >= 0.3 is 5.97 Å². The molecule has 0 radical (unpaired) electrons. The van der Waals surface area contributed by atoms with Crippen LogP contribution in [0.4, 0.5) is 11.5 Å². The van der Waals surface area contributed by atoms with Gasteiger partial charge in [0.2, 0.25) is 0 Å². The normalized spacial score (nSPS) is 9.95. The molecular weight excluding hydrogens is 250 g/mol. The first-order valence-corrected chi connectivity index (χ1v) is 5.35. The lowest BCUT2D eigenvalue weighted by Gasteiger charge is -2.11. The van der Waals surface area contributed by atoms with Crippen LogP contribution in [0, 0.1) is 0 Å². The lowest BCUT2D eigenvalue weighted by molar-refractivity contribution is 0.0697. The highest BCUT2D eigenvalue weighted by molar-refractivity contribution is 5.93. The molecule has 0 aliphatic carbocycles. The number of anilines is 2. The number of carboxylic acid groups (broad SMARTS) is 1. The predicted octanol–water partition coefficient (Wildman–Crippen LogP) is 1.22. The second-order valence-electron chi connectivity index (χ2n) is 3.62. The standard InChI is InChI=1S/C12H11N3O4/c1-19-9-5-3-2-4-8(9)13-11-7(12(17)18)6-10(16)14-15-11/h2-6H,1H3,(H,13,15)(H,14,16)(H,17,18). The molecule has 3 N–H and O–H groups in total. The first-order valence-electron chi connectivity index (χ1n) is 5.35. The minimum atomic E-state index is -1.24. The van der Waals surface area contributed by atoms with Crippen LogP contribution < -0.4 is 15.6 Å². The summed E-state index contributed by atoms with van der Waals surface area (Å²) in [5.41, 5.74) is -0.246. The molecule has 0 bridgehead atoms. The zero-order valence-electron chi connectivity index (χ0n) is 10.0. The highest BCUT2D eigenvalue weighted by atomic mass is 16.5. The summed E-state index contributed by atoms with van der Waals surface area (Å²) < 4.78 is 5.13. The molecule has 0 aliphatic heterocycles.